The van der Waals surface area contributed by atoms with Crippen LogP contribution in [-0.2, 0) is 21.3 Å². The summed E-state index contributed by atoms with van der Waals surface area (Å²) in [7, 11) is -3.14. The summed E-state index contributed by atoms with van der Waals surface area (Å²) in [5.41, 5.74) is 0.856. The fourth-order valence-electron chi connectivity index (χ4n) is 2.63. The summed E-state index contributed by atoms with van der Waals surface area (Å²) in [6.45, 7) is 5.04. The molecule has 1 aliphatic heterocycles. The van der Waals surface area contributed by atoms with Crippen LogP contribution in [0, 0.1) is 5.92 Å². The SMILES string of the molecule is CCOC(=O)c1nc(CN2CCCC(CNS(C)(=O)=O)C2)cs1. The van der Waals surface area contributed by atoms with E-state index in [1.54, 1.807) is 6.92 Å². The van der Waals surface area contributed by atoms with Crippen LogP contribution in [0.25, 0.3) is 0 Å². The lowest BCUT2D eigenvalue weighted by atomic mass is 9.98. The molecule has 9 heteroatoms. The van der Waals surface area contributed by atoms with Gasteiger partial charge in [0.25, 0.3) is 0 Å². The van der Waals surface area contributed by atoms with Crippen molar-refractivity contribution in [1.29, 1.82) is 0 Å². The summed E-state index contributed by atoms with van der Waals surface area (Å²) in [6, 6.07) is 0. The van der Waals surface area contributed by atoms with E-state index in [2.05, 4.69) is 14.6 Å². The van der Waals surface area contributed by atoms with Gasteiger partial charge in [-0.25, -0.2) is 22.9 Å². The average molecular weight is 361 g/mol. The van der Waals surface area contributed by atoms with Crippen LogP contribution < -0.4 is 4.72 Å². The minimum atomic E-state index is -3.14. The Morgan fingerprint density at radius 3 is 3.04 bits per heavy atom. The van der Waals surface area contributed by atoms with Crippen molar-refractivity contribution in [2.75, 3.05) is 32.5 Å². The van der Waals surface area contributed by atoms with Crippen molar-refractivity contribution in [3.63, 3.8) is 0 Å². The Hall–Kier alpha value is -1.03. The lowest BCUT2D eigenvalue weighted by Crippen LogP contribution is -2.40. The molecule has 1 aromatic rings. The van der Waals surface area contributed by atoms with Gasteiger partial charge in [0.1, 0.15) is 0 Å². The zero-order valence-electron chi connectivity index (χ0n) is 13.4. The molecule has 2 heterocycles. The van der Waals surface area contributed by atoms with Crippen LogP contribution >= 0.6 is 11.3 Å². The number of rotatable bonds is 7. The maximum absolute atomic E-state index is 11.6. The molecule has 0 radical (unpaired) electrons. The number of piperidine rings is 1. The summed E-state index contributed by atoms with van der Waals surface area (Å²) in [5.74, 6) is -0.0701. The van der Waals surface area contributed by atoms with Gasteiger partial charge in [0.15, 0.2) is 0 Å². The standard InChI is InChI=1S/C14H23N3O4S2/c1-3-21-14(18)13-16-12(10-22-13)9-17-6-4-5-11(8-17)7-15-23(2,19)20/h10-11,15H,3-9H2,1-2H3. The van der Waals surface area contributed by atoms with Crippen molar-refractivity contribution in [3.8, 4) is 0 Å². The van der Waals surface area contributed by atoms with Crippen molar-refractivity contribution in [2.45, 2.75) is 26.3 Å². The largest absolute Gasteiger partial charge is 0.461 e. The minimum Gasteiger partial charge on any atom is -0.461 e. The summed E-state index contributed by atoms with van der Waals surface area (Å²) in [5, 5.41) is 2.26. The highest BCUT2D eigenvalue weighted by Crippen LogP contribution is 2.19. The normalized spacial score (nSPS) is 19.7. The molecule has 0 spiro atoms. The highest BCUT2D eigenvalue weighted by Gasteiger charge is 2.22. The van der Waals surface area contributed by atoms with Gasteiger partial charge in [0.2, 0.25) is 15.0 Å². The third kappa shape index (κ3) is 6.17. The van der Waals surface area contributed by atoms with E-state index in [4.69, 9.17) is 4.74 Å². The first-order valence-corrected chi connectivity index (χ1v) is 10.4. The molecule has 130 valence electrons. The van der Waals surface area contributed by atoms with Crippen LogP contribution in [0.15, 0.2) is 5.38 Å². The van der Waals surface area contributed by atoms with E-state index in [0.29, 0.717) is 30.6 Å². The van der Waals surface area contributed by atoms with E-state index in [-0.39, 0.29) is 5.97 Å². The fourth-order valence-corrected chi connectivity index (χ4v) is 3.86. The number of sulfonamides is 1. The van der Waals surface area contributed by atoms with Gasteiger partial charge in [-0.05, 0) is 32.2 Å². The topological polar surface area (TPSA) is 88.6 Å². The van der Waals surface area contributed by atoms with Crippen molar-refractivity contribution >= 4 is 27.3 Å². The first-order chi connectivity index (χ1) is 10.9. The molecule has 1 N–H and O–H groups in total. The highest BCUT2D eigenvalue weighted by molar-refractivity contribution is 7.88. The Labute approximate surface area is 141 Å². The van der Waals surface area contributed by atoms with Gasteiger partial charge in [-0.15, -0.1) is 11.3 Å². The van der Waals surface area contributed by atoms with Crippen LogP contribution in [0.1, 0.15) is 35.3 Å². The Balaban J connectivity index is 1.86. The van der Waals surface area contributed by atoms with Gasteiger partial charge in [-0.1, -0.05) is 0 Å². The molecule has 1 aliphatic rings. The lowest BCUT2D eigenvalue weighted by molar-refractivity contribution is 0.0525. The van der Waals surface area contributed by atoms with Crippen LogP contribution in [0.2, 0.25) is 0 Å². The molecule has 7 nitrogen and oxygen atoms in total. The molecule has 0 saturated carbocycles. The van der Waals surface area contributed by atoms with Crippen LogP contribution in [-0.4, -0.2) is 56.8 Å². The minimum absolute atomic E-state index is 0.307. The number of thiazole rings is 1. The van der Waals surface area contributed by atoms with E-state index in [9.17, 15) is 13.2 Å². The number of likely N-dealkylation sites (tertiary alicyclic amines) is 1. The first-order valence-electron chi connectivity index (χ1n) is 7.66. The van der Waals surface area contributed by atoms with Crippen LogP contribution in [0.4, 0.5) is 0 Å². The van der Waals surface area contributed by atoms with Crippen LogP contribution in [0.3, 0.4) is 0 Å². The van der Waals surface area contributed by atoms with E-state index < -0.39 is 10.0 Å². The van der Waals surface area contributed by atoms with Gasteiger partial charge < -0.3 is 4.74 Å². The van der Waals surface area contributed by atoms with Crippen molar-refractivity contribution in [3.05, 3.63) is 16.1 Å². The molecule has 1 fully saturated rings. The number of carbonyl (C=O) groups is 1. The van der Waals surface area contributed by atoms with Crippen molar-refractivity contribution in [2.24, 2.45) is 5.92 Å². The third-order valence-corrected chi connectivity index (χ3v) is 5.19. The average Bonchev–Trinajstić information content (AvgIpc) is 2.94. The number of hydrogen-bond donors (Lipinski definition) is 1. The number of nitrogens with zero attached hydrogens (tertiary/aromatic N) is 2. The molecule has 0 aromatic carbocycles. The summed E-state index contributed by atoms with van der Waals surface area (Å²) < 4.78 is 29.9. The number of ether oxygens (including phenoxy) is 1. The molecule has 0 bridgehead atoms. The zero-order chi connectivity index (χ0) is 16.9. The van der Waals surface area contributed by atoms with Gasteiger partial charge in [-0.2, -0.15) is 0 Å². The van der Waals surface area contributed by atoms with E-state index in [1.807, 2.05) is 5.38 Å². The number of carbonyl (C=O) groups excluding carboxylic acids is 1. The molecule has 1 unspecified atom stereocenters. The Morgan fingerprint density at radius 1 is 1.57 bits per heavy atom. The fraction of sp³-hybridized carbons (Fsp3) is 0.714. The molecular formula is C14H23N3O4S2. The molecule has 1 atom stereocenters. The number of nitrogens with one attached hydrogen (secondary N) is 1. The predicted octanol–water partition coefficient (Wildman–Crippen LogP) is 1.08. The summed E-state index contributed by atoms with van der Waals surface area (Å²) >= 11 is 1.30. The molecular weight excluding hydrogens is 338 g/mol. The number of esters is 1. The second-order valence-corrected chi connectivity index (χ2v) is 8.42. The van der Waals surface area contributed by atoms with Crippen molar-refractivity contribution in [1.82, 2.24) is 14.6 Å². The predicted molar refractivity (Wildman–Crippen MR) is 88.9 cm³/mol. The molecule has 23 heavy (non-hydrogen) atoms. The second-order valence-electron chi connectivity index (χ2n) is 5.73. The zero-order valence-corrected chi connectivity index (χ0v) is 15.1. The Morgan fingerprint density at radius 2 is 2.35 bits per heavy atom. The van der Waals surface area contributed by atoms with E-state index in [1.165, 1.54) is 17.6 Å². The Kier molecular flexibility index (Phi) is 6.51. The van der Waals surface area contributed by atoms with Gasteiger partial charge in [0.05, 0.1) is 18.6 Å². The maximum atomic E-state index is 11.6. The van der Waals surface area contributed by atoms with E-state index in [0.717, 1.165) is 31.6 Å². The van der Waals surface area contributed by atoms with Crippen LogP contribution in [0.5, 0.6) is 0 Å². The van der Waals surface area contributed by atoms with Gasteiger partial charge in [0, 0.05) is 25.0 Å². The monoisotopic (exact) mass is 361 g/mol. The second kappa shape index (κ2) is 8.18. The quantitative estimate of drug-likeness (QED) is 0.731. The third-order valence-electron chi connectivity index (χ3n) is 3.62. The maximum Gasteiger partial charge on any atom is 0.367 e. The van der Waals surface area contributed by atoms with E-state index >= 15 is 0 Å². The molecule has 1 saturated heterocycles. The number of aromatic nitrogens is 1. The van der Waals surface area contributed by atoms with Gasteiger partial charge >= 0.3 is 5.97 Å². The molecule has 1 aromatic heterocycles. The highest BCUT2D eigenvalue weighted by atomic mass is 32.2. The van der Waals surface area contributed by atoms with Crippen molar-refractivity contribution < 1.29 is 17.9 Å². The smallest absolute Gasteiger partial charge is 0.367 e. The lowest BCUT2D eigenvalue weighted by Gasteiger charge is -2.32. The number of hydrogen-bond acceptors (Lipinski definition) is 7. The first kappa shape index (κ1) is 18.3. The Bertz CT molecular complexity index is 630. The molecule has 2 rings (SSSR count). The summed E-state index contributed by atoms with van der Waals surface area (Å²) in [4.78, 5) is 18.2. The molecule has 0 aliphatic carbocycles. The van der Waals surface area contributed by atoms with Gasteiger partial charge in [-0.3, -0.25) is 4.90 Å². The summed E-state index contributed by atoms with van der Waals surface area (Å²) in [6.07, 6.45) is 3.23. The molecule has 0 amide bonds.